The van der Waals surface area contributed by atoms with Gasteiger partial charge in [-0.3, -0.25) is 0 Å². The molecule has 2 aromatic rings. The number of nitrogens with zero attached hydrogens (tertiary/aromatic N) is 3. The number of aromatic nitrogens is 2. The van der Waals surface area contributed by atoms with Crippen LogP contribution in [-0.2, 0) is 6.42 Å². The Labute approximate surface area is 153 Å². The smallest absolute Gasteiger partial charge is 0.317 e. The van der Waals surface area contributed by atoms with E-state index in [9.17, 15) is 4.79 Å². The Bertz CT molecular complexity index is 731. The maximum atomic E-state index is 12.0. The molecule has 0 bridgehead atoms. The number of aryl methyl sites for hydroxylation is 1. The highest BCUT2D eigenvalue weighted by Crippen LogP contribution is 2.26. The van der Waals surface area contributed by atoms with E-state index in [0.717, 1.165) is 24.2 Å². The van der Waals surface area contributed by atoms with Gasteiger partial charge >= 0.3 is 6.03 Å². The number of urea groups is 1. The number of likely N-dealkylation sites (tertiary alicyclic amines) is 1. The molecule has 1 atom stereocenters. The zero-order chi connectivity index (χ0) is 18.4. The average molecular weight is 358 g/mol. The summed E-state index contributed by atoms with van der Waals surface area (Å²) in [4.78, 5) is 18.3. The SMILES string of the molecule is CCCNC(=O)N1CCC(c2nc(CCOc3cccc(C)c3)no2)C1. The maximum Gasteiger partial charge on any atom is 0.317 e. The maximum absolute atomic E-state index is 12.0. The zero-order valence-corrected chi connectivity index (χ0v) is 15.4. The van der Waals surface area contributed by atoms with Crippen LogP contribution in [0.25, 0.3) is 0 Å². The van der Waals surface area contributed by atoms with Crippen molar-refractivity contribution in [3.05, 3.63) is 41.5 Å². The van der Waals surface area contributed by atoms with Crippen molar-refractivity contribution < 1.29 is 14.1 Å². The molecule has 2 amide bonds. The summed E-state index contributed by atoms with van der Waals surface area (Å²) in [6.45, 7) is 6.61. The van der Waals surface area contributed by atoms with Crippen molar-refractivity contribution in [2.75, 3.05) is 26.2 Å². The first-order valence-corrected chi connectivity index (χ1v) is 9.20. The second-order valence-corrected chi connectivity index (χ2v) is 6.63. The van der Waals surface area contributed by atoms with Crippen LogP contribution in [0, 0.1) is 6.92 Å². The zero-order valence-electron chi connectivity index (χ0n) is 15.4. The van der Waals surface area contributed by atoms with E-state index in [1.54, 1.807) is 0 Å². The van der Waals surface area contributed by atoms with Gasteiger partial charge in [-0.25, -0.2) is 4.79 Å². The molecule has 7 heteroatoms. The first-order valence-electron chi connectivity index (χ1n) is 9.20. The van der Waals surface area contributed by atoms with E-state index < -0.39 is 0 Å². The summed E-state index contributed by atoms with van der Waals surface area (Å²) < 4.78 is 11.1. The third-order valence-corrected chi connectivity index (χ3v) is 4.42. The molecule has 1 fully saturated rings. The summed E-state index contributed by atoms with van der Waals surface area (Å²) in [5.74, 6) is 2.21. The molecule has 7 nitrogen and oxygen atoms in total. The molecule has 1 saturated heterocycles. The summed E-state index contributed by atoms with van der Waals surface area (Å²) >= 11 is 0. The van der Waals surface area contributed by atoms with Crippen molar-refractivity contribution in [3.63, 3.8) is 0 Å². The standard InChI is InChI=1S/C19H26N4O3/c1-3-9-20-19(24)23-10-7-15(13-23)18-21-17(22-26-18)8-11-25-16-6-4-5-14(2)12-16/h4-6,12,15H,3,7-11,13H2,1-2H3,(H,20,24). The van der Waals surface area contributed by atoms with Crippen molar-refractivity contribution in [1.82, 2.24) is 20.4 Å². The van der Waals surface area contributed by atoms with Crippen LogP contribution in [0.2, 0.25) is 0 Å². The molecule has 0 saturated carbocycles. The van der Waals surface area contributed by atoms with E-state index >= 15 is 0 Å². The molecule has 0 aliphatic carbocycles. The van der Waals surface area contributed by atoms with Gasteiger partial charge in [0.1, 0.15) is 5.75 Å². The summed E-state index contributed by atoms with van der Waals surface area (Å²) in [7, 11) is 0. The summed E-state index contributed by atoms with van der Waals surface area (Å²) in [5.41, 5.74) is 1.16. The number of carbonyl (C=O) groups is 1. The second kappa shape index (κ2) is 8.69. The van der Waals surface area contributed by atoms with Gasteiger partial charge in [0, 0.05) is 26.1 Å². The minimum absolute atomic E-state index is 0.0133. The number of hydrogen-bond donors (Lipinski definition) is 1. The van der Waals surface area contributed by atoms with E-state index in [2.05, 4.69) is 15.5 Å². The summed E-state index contributed by atoms with van der Waals surface area (Å²) in [6.07, 6.45) is 2.37. The Morgan fingerprint density at radius 3 is 3.15 bits per heavy atom. The molecule has 1 unspecified atom stereocenters. The number of rotatable bonds is 7. The quantitative estimate of drug-likeness (QED) is 0.823. The molecule has 0 spiro atoms. The lowest BCUT2D eigenvalue weighted by atomic mass is 10.1. The topological polar surface area (TPSA) is 80.5 Å². The molecular weight excluding hydrogens is 332 g/mol. The minimum atomic E-state index is -0.0133. The van der Waals surface area contributed by atoms with Gasteiger partial charge in [0.15, 0.2) is 5.82 Å². The molecule has 1 aromatic heterocycles. The van der Waals surface area contributed by atoms with Crippen LogP contribution in [0.1, 0.15) is 43.0 Å². The predicted octanol–water partition coefficient (Wildman–Crippen LogP) is 2.91. The highest BCUT2D eigenvalue weighted by Gasteiger charge is 2.30. The van der Waals surface area contributed by atoms with Gasteiger partial charge in [-0.2, -0.15) is 4.98 Å². The van der Waals surface area contributed by atoms with Crippen LogP contribution in [0.5, 0.6) is 5.75 Å². The number of nitrogens with one attached hydrogen (secondary N) is 1. The molecule has 2 heterocycles. The molecule has 1 aromatic carbocycles. The van der Waals surface area contributed by atoms with Crippen molar-refractivity contribution in [3.8, 4) is 5.75 Å². The molecule has 140 valence electrons. The number of benzene rings is 1. The molecule has 1 N–H and O–H groups in total. The van der Waals surface area contributed by atoms with Gasteiger partial charge in [0.25, 0.3) is 0 Å². The molecule has 1 aliphatic rings. The summed E-state index contributed by atoms with van der Waals surface area (Å²) in [6, 6.07) is 7.93. The molecule has 3 rings (SSSR count). The van der Waals surface area contributed by atoms with Crippen LogP contribution in [0.4, 0.5) is 4.79 Å². The lowest BCUT2D eigenvalue weighted by Gasteiger charge is -2.16. The van der Waals surface area contributed by atoms with Gasteiger partial charge in [-0.05, 0) is 37.5 Å². The Hall–Kier alpha value is -2.57. The van der Waals surface area contributed by atoms with Crippen LogP contribution in [-0.4, -0.2) is 47.3 Å². The van der Waals surface area contributed by atoms with Crippen LogP contribution < -0.4 is 10.1 Å². The average Bonchev–Trinajstić information content (AvgIpc) is 3.29. The number of hydrogen-bond acceptors (Lipinski definition) is 5. The number of carbonyl (C=O) groups excluding carboxylic acids is 1. The third kappa shape index (κ3) is 4.74. The Balaban J connectivity index is 1.46. The van der Waals surface area contributed by atoms with Crippen LogP contribution >= 0.6 is 0 Å². The summed E-state index contributed by atoms with van der Waals surface area (Å²) in [5, 5.41) is 6.95. The van der Waals surface area contributed by atoms with E-state index in [-0.39, 0.29) is 11.9 Å². The van der Waals surface area contributed by atoms with E-state index in [4.69, 9.17) is 9.26 Å². The fourth-order valence-corrected chi connectivity index (χ4v) is 2.99. The van der Waals surface area contributed by atoms with Crippen LogP contribution in [0.3, 0.4) is 0 Å². The fraction of sp³-hybridized carbons (Fsp3) is 0.526. The van der Waals surface area contributed by atoms with Crippen molar-refractivity contribution in [2.24, 2.45) is 0 Å². The lowest BCUT2D eigenvalue weighted by Crippen LogP contribution is -2.38. The Kier molecular flexibility index (Phi) is 6.09. The van der Waals surface area contributed by atoms with E-state index in [0.29, 0.717) is 44.4 Å². The molecule has 1 aliphatic heterocycles. The number of amides is 2. The molecule has 26 heavy (non-hydrogen) atoms. The van der Waals surface area contributed by atoms with E-state index in [1.807, 2.05) is 43.0 Å². The first-order chi connectivity index (χ1) is 12.7. The lowest BCUT2D eigenvalue weighted by molar-refractivity contribution is 0.207. The highest BCUT2D eigenvalue weighted by molar-refractivity contribution is 5.74. The first kappa shape index (κ1) is 18.2. The minimum Gasteiger partial charge on any atom is -0.493 e. The Morgan fingerprint density at radius 2 is 2.35 bits per heavy atom. The molecular formula is C19H26N4O3. The van der Waals surface area contributed by atoms with Gasteiger partial charge in [-0.15, -0.1) is 0 Å². The van der Waals surface area contributed by atoms with Crippen molar-refractivity contribution in [1.29, 1.82) is 0 Å². The predicted molar refractivity (Wildman–Crippen MR) is 97.3 cm³/mol. The van der Waals surface area contributed by atoms with Gasteiger partial charge in [-0.1, -0.05) is 24.2 Å². The normalized spacial score (nSPS) is 16.7. The van der Waals surface area contributed by atoms with Gasteiger partial charge in [0.2, 0.25) is 5.89 Å². The van der Waals surface area contributed by atoms with Crippen molar-refractivity contribution >= 4 is 6.03 Å². The molecule has 0 radical (unpaired) electrons. The second-order valence-electron chi connectivity index (χ2n) is 6.63. The van der Waals surface area contributed by atoms with E-state index in [1.165, 1.54) is 0 Å². The van der Waals surface area contributed by atoms with Crippen LogP contribution in [0.15, 0.2) is 28.8 Å². The Morgan fingerprint density at radius 1 is 1.46 bits per heavy atom. The van der Waals surface area contributed by atoms with Gasteiger partial charge < -0.3 is 19.5 Å². The number of ether oxygens (including phenoxy) is 1. The third-order valence-electron chi connectivity index (χ3n) is 4.42. The highest BCUT2D eigenvalue weighted by atomic mass is 16.5. The monoisotopic (exact) mass is 358 g/mol. The largest absolute Gasteiger partial charge is 0.493 e. The fourth-order valence-electron chi connectivity index (χ4n) is 2.99. The van der Waals surface area contributed by atoms with Crippen molar-refractivity contribution in [2.45, 2.75) is 39.0 Å². The van der Waals surface area contributed by atoms with Gasteiger partial charge in [0.05, 0.1) is 12.5 Å².